The lowest BCUT2D eigenvalue weighted by Crippen LogP contribution is -2.43. The number of halogens is 1. The Kier molecular flexibility index (Phi) is 24.3. The fourth-order valence-corrected chi connectivity index (χ4v) is 10.3. The zero-order chi connectivity index (χ0) is 47.4. The van der Waals surface area contributed by atoms with Crippen LogP contribution < -0.4 is 0 Å². The van der Waals surface area contributed by atoms with Crippen LogP contribution in [0, 0.1) is 17.8 Å². The third kappa shape index (κ3) is 20.3. The van der Waals surface area contributed by atoms with E-state index in [9.17, 15) is 44.1 Å². The van der Waals surface area contributed by atoms with Gasteiger partial charge in [-0.1, -0.05) is 38.8 Å². The van der Waals surface area contributed by atoms with Crippen LogP contribution in [-0.2, 0) is 47.7 Å². The molecule has 0 heterocycles. The van der Waals surface area contributed by atoms with Crippen LogP contribution in [0.3, 0.4) is 0 Å². The van der Waals surface area contributed by atoms with Gasteiger partial charge in [0.15, 0.2) is 0 Å². The van der Waals surface area contributed by atoms with Gasteiger partial charge in [-0.3, -0.25) is 24.0 Å². The molecule has 6 aliphatic rings. The van der Waals surface area contributed by atoms with Crippen LogP contribution in [0.15, 0.2) is 24.3 Å². The minimum atomic E-state index is -0.562. The number of ether oxygens (including phenoxy) is 4. The smallest absolute Gasteiger partial charge is 0.333 e. The molecule has 3 N–H and O–H groups in total. The first-order valence-electron chi connectivity index (χ1n) is 23.4. The molecule has 0 saturated heterocycles. The lowest BCUT2D eigenvalue weighted by molar-refractivity contribution is -0.165. The largest absolute Gasteiger partial charge is 0.463 e. The molecule has 0 amide bonds. The van der Waals surface area contributed by atoms with E-state index >= 15 is 0 Å². The Hall–Kier alpha value is -3.13. The first-order valence-corrected chi connectivity index (χ1v) is 23.8. The van der Waals surface area contributed by atoms with E-state index < -0.39 is 22.8 Å². The van der Waals surface area contributed by atoms with Gasteiger partial charge in [0.2, 0.25) is 5.24 Å². The third-order valence-electron chi connectivity index (χ3n) is 13.6. The number of aliphatic hydroxyl groups is 3. The van der Waals surface area contributed by atoms with Gasteiger partial charge in [0.05, 0.1) is 17.3 Å². The summed E-state index contributed by atoms with van der Waals surface area (Å²) in [7, 11) is 0. The minimum Gasteiger partial charge on any atom is -0.463 e. The van der Waals surface area contributed by atoms with Crippen molar-refractivity contribution in [2.24, 2.45) is 17.8 Å². The highest BCUT2D eigenvalue weighted by atomic mass is 35.5. The number of allylic oxidation sites excluding steroid dienone is 1. The Bertz CT molecular complexity index is 1470. The summed E-state index contributed by atoms with van der Waals surface area (Å²) in [6.07, 6.45) is 24.2. The average molecular weight is 912 g/mol. The fourth-order valence-electron chi connectivity index (χ4n) is 10.3. The van der Waals surface area contributed by atoms with Crippen molar-refractivity contribution >= 4 is 46.7 Å². The Balaban J connectivity index is 0.000000290. The van der Waals surface area contributed by atoms with Crippen LogP contribution in [0.1, 0.15) is 196 Å². The highest BCUT2D eigenvalue weighted by Crippen LogP contribution is 2.47. The molecule has 14 heteroatoms. The summed E-state index contributed by atoms with van der Waals surface area (Å²) in [4.78, 5) is 63.3. The van der Waals surface area contributed by atoms with Gasteiger partial charge in [-0.2, -0.15) is 0 Å². The molecule has 0 spiro atoms. The molecule has 0 atom stereocenters. The van der Waals surface area contributed by atoms with Gasteiger partial charge in [0.1, 0.15) is 17.8 Å². The Morgan fingerprint density at radius 2 is 0.810 bits per heavy atom. The molecule has 0 bridgehead atoms. The summed E-state index contributed by atoms with van der Waals surface area (Å²) in [6.45, 7) is 15.5. The van der Waals surface area contributed by atoms with Crippen LogP contribution in [0.4, 0.5) is 0 Å². The first-order chi connectivity index (χ1) is 29.5. The zero-order valence-corrected chi connectivity index (χ0v) is 39.9. The topological polar surface area (TPSA) is 200 Å². The van der Waals surface area contributed by atoms with Crippen LogP contribution in [0.25, 0.3) is 0 Å². The summed E-state index contributed by atoms with van der Waals surface area (Å²) in [5.74, 6) is -0.486. The quantitative estimate of drug-likeness (QED) is 0.0685. The van der Waals surface area contributed by atoms with Crippen molar-refractivity contribution in [1.82, 2.24) is 0 Å². The van der Waals surface area contributed by atoms with Crippen LogP contribution in [-0.4, -0.2) is 85.5 Å². The van der Waals surface area contributed by atoms with Crippen LogP contribution >= 0.6 is 11.6 Å². The van der Waals surface area contributed by atoms with Crippen molar-refractivity contribution in [2.45, 2.75) is 231 Å². The number of aliphatic hydroxyl groups excluding tert-OH is 1. The lowest BCUT2D eigenvalue weighted by Gasteiger charge is -2.40. The molecule has 6 rings (SSSR count). The van der Waals surface area contributed by atoms with Gasteiger partial charge in [-0.25, -0.2) is 4.79 Å². The molecular weight excluding hydrogens is 832 g/mol. The van der Waals surface area contributed by atoms with E-state index in [1.54, 1.807) is 13.8 Å². The highest BCUT2D eigenvalue weighted by molar-refractivity contribution is 6.67. The molecule has 0 aromatic rings. The SMILES string of the molecule is C=C(C)C(=O)Cl.C=C(C)C(=O)OC1(C2CCC(OC(C)=O)CC2)CCCC1.CC(=O)OC(C)=O.CC(=O)OC1CCC(C2(O)CCCC2)CC1.OC1CCC(C2(O)CCCC2)CC1. The third-order valence-corrected chi connectivity index (χ3v) is 14.0. The molecule has 63 heavy (non-hydrogen) atoms. The Morgan fingerprint density at radius 3 is 1.10 bits per heavy atom. The molecule has 0 unspecified atom stereocenters. The highest BCUT2D eigenvalue weighted by Gasteiger charge is 2.46. The Morgan fingerprint density at radius 1 is 0.492 bits per heavy atom. The first kappa shape index (κ1) is 56.0. The predicted octanol–water partition coefficient (Wildman–Crippen LogP) is 9.22. The molecule has 360 valence electrons. The fraction of sp³-hybridized carbons (Fsp3) is 0.796. The zero-order valence-electron chi connectivity index (χ0n) is 39.2. The molecule has 6 fully saturated rings. The maximum absolute atomic E-state index is 12.0. The van der Waals surface area contributed by atoms with E-state index in [0.29, 0.717) is 28.9 Å². The van der Waals surface area contributed by atoms with E-state index in [0.717, 1.165) is 128 Å². The number of carbonyl (C=O) groups excluding carboxylic acids is 6. The van der Waals surface area contributed by atoms with Gasteiger partial charge in [-0.15, -0.1) is 0 Å². The number of hydrogen-bond donors (Lipinski definition) is 3. The summed E-state index contributed by atoms with van der Waals surface area (Å²) < 4.78 is 20.4. The van der Waals surface area contributed by atoms with E-state index in [-0.39, 0.29) is 47.4 Å². The van der Waals surface area contributed by atoms with Crippen molar-refractivity contribution in [1.29, 1.82) is 0 Å². The normalized spacial score (nSPS) is 27.5. The lowest BCUT2D eigenvalue weighted by atomic mass is 9.75. The number of rotatable bonds is 8. The second-order valence-electron chi connectivity index (χ2n) is 18.9. The van der Waals surface area contributed by atoms with E-state index in [1.165, 1.54) is 53.4 Å². The van der Waals surface area contributed by atoms with Crippen LogP contribution in [0.5, 0.6) is 0 Å². The molecule has 0 aromatic heterocycles. The van der Waals surface area contributed by atoms with Gasteiger partial charge in [0, 0.05) is 38.8 Å². The van der Waals surface area contributed by atoms with Crippen molar-refractivity contribution < 1.29 is 63.0 Å². The van der Waals surface area contributed by atoms with E-state index in [4.69, 9.17) is 25.8 Å². The van der Waals surface area contributed by atoms with Crippen molar-refractivity contribution in [3.63, 3.8) is 0 Å². The maximum Gasteiger partial charge on any atom is 0.333 e. The summed E-state index contributed by atoms with van der Waals surface area (Å²) in [5, 5.41) is 29.7. The number of hydrogen-bond acceptors (Lipinski definition) is 13. The molecule has 13 nitrogen and oxygen atoms in total. The predicted molar refractivity (Wildman–Crippen MR) is 240 cm³/mol. The van der Waals surface area contributed by atoms with Crippen molar-refractivity contribution in [3.05, 3.63) is 24.3 Å². The van der Waals surface area contributed by atoms with Gasteiger partial charge >= 0.3 is 29.8 Å². The summed E-state index contributed by atoms with van der Waals surface area (Å²) in [5.41, 5.74) is -0.218. The second-order valence-corrected chi connectivity index (χ2v) is 19.2. The molecule has 6 saturated carbocycles. The van der Waals surface area contributed by atoms with Gasteiger partial charge in [0.25, 0.3) is 0 Å². The summed E-state index contributed by atoms with van der Waals surface area (Å²) in [6, 6.07) is 0. The maximum atomic E-state index is 12.0. The van der Waals surface area contributed by atoms with Crippen molar-refractivity contribution in [3.8, 4) is 0 Å². The van der Waals surface area contributed by atoms with Crippen molar-refractivity contribution in [2.75, 3.05) is 0 Å². The standard InChI is InChI=1S/C17H26O4.C13H22O3.C11H20O2.C4H5ClO.C4H6O3/c1-12(2)16(19)21-17(10-4-5-11-17)14-6-8-15(9-7-14)20-13(3)18;1-10(14)16-12-6-4-11(5-7-12)13(15)8-2-3-9-13;12-10-5-3-9(4-6-10)11(13)7-1-2-8-11;1-3(2)4(5)6;1-3(5)7-4(2)6/h14-15H,1,4-11H2,2-3H3;11-12,15H,2-9H2,1H3;9-10,12-13H,1-8H2;1H2,2H3;1-2H3. The molecule has 0 aromatic carbocycles. The average Bonchev–Trinajstić information content (AvgIpc) is 3.99. The summed E-state index contributed by atoms with van der Waals surface area (Å²) >= 11 is 4.87. The van der Waals surface area contributed by atoms with Gasteiger partial charge < -0.3 is 34.3 Å². The monoisotopic (exact) mass is 911 g/mol. The van der Waals surface area contributed by atoms with Crippen LogP contribution in [0.2, 0.25) is 0 Å². The Labute approximate surface area is 381 Å². The molecule has 0 aliphatic heterocycles. The molecule has 6 aliphatic carbocycles. The van der Waals surface area contributed by atoms with Gasteiger partial charge in [-0.05, 0) is 172 Å². The second kappa shape index (κ2) is 27.4. The van der Waals surface area contributed by atoms with E-state index in [2.05, 4.69) is 17.9 Å². The number of esters is 5. The minimum absolute atomic E-state index is 0.0362. The van der Waals surface area contributed by atoms with E-state index in [1.807, 2.05) is 0 Å². The molecular formula is C49H79ClO13. The number of carbonyl (C=O) groups is 6. The molecule has 0 radical (unpaired) electrons.